The van der Waals surface area contributed by atoms with Gasteiger partial charge in [0.1, 0.15) is 16.1 Å². The summed E-state index contributed by atoms with van der Waals surface area (Å²) < 4.78 is 2.91. The van der Waals surface area contributed by atoms with Gasteiger partial charge in [-0.15, -0.1) is 0 Å². The van der Waals surface area contributed by atoms with Crippen LogP contribution in [0.5, 0.6) is 0 Å². The molecule has 0 aliphatic carbocycles. The van der Waals surface area contributed by atoms with Crippen molar-refractivity contribution in [3.63, 3.8) is 0 Å². The molecule has 2 heterocycles. The van der Waals surface area contributed by atoms with Crippen LogP contribution in [0, 0.1) is 6.92 Å². The summed E-state index contributed by atoms with van der Waals surface area (Å²) in [6.07, 6.45) is 1.82. The highest BCUT2D eigenvalue weighted by molar-refractivity contribution is 9.10. The third-order valence-electron chi connectivity index (χ3n) is 2.78. The van der Waals surface area contributed by atoms with E-state index >= 15 is 0 Å². The molecule has 17 heavy (non-hydrogen) atoms. The third kappa shape index (κ3) is 1.67. The van der Waals surface area contributed by atoms with Crippen LogP contribution in [-0.4, -0.2) is 19.5 Å². The number of rotatable bonds is 1. The molecule has 1 N–H and O–H groups in total. The molecule has 0 fully saturated rings. The number of hydrogen-bond donors (Lipinski definition) is 1. The van der Waals surface area contributed by atoms with E-state index in [1.54, 1.807) is 0 Å². The first-order chi connectivity index (χ1) is 8.15. The van der Waals surface area contributed by atoms with Crippen molar-refractivity contribution in [3.8, 4) is 11.3 Å². The molecule has 0 amide bonds. The molecule has 0 saturated carbocycles. The number of aromatic nitrogens is 4. The third-order valence-corrected chi connectivity index (χ3v) is 3.35. The maximum atomic E-state index is 4.46. The number of nitrogens with zero attached hydrogens (tertiary/aromatic N) is 3. The average molecular weight is 291 g/mol. The fraction of sp³-hybridized carbons (Fsp3) is 0.167. The molecule has 1 aromatic carbocycles. The molecular formula is C12H11BrN4. The van der Waals surface area contributed by atoms with E-state index in [1.807, 2.05) is 24.9 Å². The van der Waals surface area contributed by atoms with Crippen molar-refractivity contribution >= 4 is 27.0 Å². The SMILES string of the molecule is Cc1nc(-c2ccc3c(c2)ncn3C)c(Br)[nH]1. The fourth-order valence-electron chi connectivity index (χ4n) is 1.94. The lowest BCUT2D eigenvalue weighted by Gasteiger charge is -1.99. The average Bonchev–Trinajstić information content (AvgIpc) is 2.82. The Kier molecular flexibility index (Phi) is 2.29. The Bertz CT molecular complexity index is 696. The maximum absolute atomic E-state index is 4.46. The van der Waals surface area contributed by atoms with Gasteiger partial charge in [-0.05, 0) is 35.0 Å². The Morgan fingerprint density at radius 2 is 2.18 bits per heavy atom. The molecule has 2 aromatic heterocycles. The lowest BCUT2D eigenvalue weighted by molar-refractivity contribution is 0.948. The summed E-state index contributed by atoms with van der Waals surface area (Å²) in [5.41, 5.74) is 4.09. The highest BCUT2D eigenvalue weighted by Gasteiger charge is 2.09. The summed E-state index contributed by atoms with van der Waals surface area (Å²) in [4.78, 5) is 11.9. The number of fused-ring (bicyclic) bond motifs is 1. The van der Waals surface area contributed by atoms with Gasteiger partial charge in [0.2, 0.25) is 0 Å². The molecule has 0 saturated heterocycles. The van der Waals surface area contributed by atoms with Crippen molar-refractivity contribution in [3.05, 3.63) is 35.0 Å². The van der Waals surface area contributed by atoms with E-state index in [9.17, 15) is 0 Å². The van der Waals surface area contributed by atoms with E-state index in [1.165, 1.54) is 0 Å². The quantitative estimate of drug-likeness (QED) is 0.749. The number of benzene rings is 1. The number of hydrogen-bond acceptors (Lipinski definition) is 2. The lowest BCUT2D eigenvalue weighted by atomic mass is 10.1. The summed E-state index contributed by atoms with van der Waals surface area (Å²) in [5, 5.41) is 0. The van der Waals surface area contributed by atoms with Crippen LogP contribution in [0.15, 0.2) is 29.1 Å². The highest BCUT2D eigenvalue weighted by Crippen LogP contribution is 2.28. The largest absolute Gasteiger partial charge is 0.336 e. The standard InChI is InChI=1S/C12H11BrN4/c1-7-15-11(12(13)16-7)8-3-4-10-9(5-8)14-6-17(10)2/h3-6H,1-2H3,(H,15,16). The van der Waals surface area contributed by atoms with Crippen LogP contribution >= 0.6 is 15.9 Å². The molecule has 0 aliphatic heterocycles. The summed E-state index contributed by atoms with van der Waals surface area (Å²) in [5.74, 6) is 0.896. The molecule has 0 radical (unpaired) electrons. The highest BCUT2D eigenvalue weighted by atomic mass is 79.9. The molecule has 0 bridgehead atoms. The Labute approximate surface area is 107 Å². The minimum atomic E-state index is 0.896. The molecule has 3 rings (SSSR count). The molecule has 4 nitrogen and oxygen atoms in total. The fourth-order valence-corrected chi connectivity index (χ4v) is 2.54. The predicted octanol–water partition coefficient (Wildman–Crippen LogP) is 3.03. The second kappa shape index (κ2) is 3.70. The number of aryl methyl sites for hydroxylation is 2. The van der Waals surface area contributed by atoms with Crippen molar-refractivity contribution < 1.29 is 0 Å². The van der Waals surface area contributed by atoms with E-state index < -0.39 is 0 Å². The van der Waals surface area contributed by atoms with Crippen molar-refractivity contribution in [2.75, 3.05) is 0 Å². The van der Waals surface area contributed by atoms with Crippen molar-refractivity contribution in [2.24, 2.45) is 7.05 Å². The van der Waals surface area contributed by atoms with Crippen LogP contribution in [0.25, 0.3) is 22.3 Å². The lowest BCUT2D eigenvalue weighted by Crippen LogP contribution is -1.84. The van der Waals surface area contributed by atoms with Gasteiger partial charge in [0.15, 0.2) is 0 Å². The minimum absolute atomic E-state index is 0.896. The summed E-state index contributed by atoms with van der Waals surface area (Å²) in [6, 6.07) is 6.17. The Morgan fingerprint density at radius 3 is 2.88 bits per heavy atom. The Balaban J connectivity index is 2.21. The van der Waals surface area contributed by atoms with Crippen molar-refractivity contribution in [1.29, 1.82) is 0 Å². The van der Waals surface area contributed by atoms with Crippen LogP contribution < -0.4 is 0 Å². The van der Waals surface area contributed by atoms with Crippen LogP contribution in [0.1, 0.15) is 5.82 Å². The van der Waals surface area contributed by atoms with Crippen LogP contribution in [0.4, 0.5) is 0 Å². The maximum Gasteiger partial charge on any atom is 0.110 e. The predicted molar refractivity (Wildman–Crippen MR) is 70.7 cm³/mol. The van der Waals surface area contributed by atoms with Crippen LogP contribution in [0.3, 0.4) is 0 Å². The zero-order chi connectivity index (χ0) is 12.0. The number of imidazole rings is 2. The van der Waals surface area contributed by atoms with Gasteiger partial charge in [-0.25, -0.2) is 9.97 Å². The van der Waals surface area contributed by atoms with Gasteiger partial charge in [-0.2, -0.15) is 0 Å². The molecule has 0 spiro atoms. The molecule has 0 unspecified atom stereocenters. The zero-order valence-corrected chi connectivity index (χ0v) is 11.1. The van der Waals surface area contributed by atoms with E-state index in [0.717, 1.165) is 32.7 Å². The minimum Gasteiger partial charge on any atom is -0.336 e. The van der Waals surface area contributed by atoms with Crippen molar-refractivity contribution in [1.82, 2.24) is 19.5 Å². The topological polar surface area (TPSA) is 46.5 Å². The first-order valence-corrected chi connectivity index (χ1v) is 6.08. The molecule has 86 valence electrons. The number of nitrogens with one attached hydrogen (secondary N) is 1. The number of H-pyrrole nitrogens is 1. The molecule has 3 aromatic rings. The molecular weight excluding hydrogens is 280 g/mol. The van der Waals surface area contributed by atoms with E-state index in [2.05, 4.69) is 49.1 Å². The molecule has 0 atom stereocenters. The van der Waals surface area contributed by atoms with Gasteiger partial charge in [0, 0.05) is 12.6 Å². The number of aromatic amines is 1. The van der Waals surface area contributed by atoms with Gasteiger partial charge >= 0.3 is 0 Å². The molecule has 0 aliphatic rings. The number of halogens is 1. The second-order valence-corrected chi connectivity index (χ2v) is 4.84. The van der Waals surface area contributed by atoms with E-state index in [4.69, 9.17) is 0 Å². The van der Waals surface area contributed by atoms with Crippen LogP contribution in [-0.2, 0) is 7.05 Å². The summed E-state index contributed by atoms with van der Waals surface area (Å²) in [7, 11) is 1.99. The van der Waals surface area contributed by atoms with Gasteiger partial charge in [0.05, 0.1) is 17.4 Å². The normalized spacial score (nSPS) is 11.2. The smallest absolute Gasteiger partial charge is 0.110 e. The van der Waals surface area contributed by atoms with E-state index in [0.29, 0.717) is 0 Å². The summed E-state index contributed by atoms with van der Waals surface area (Å²) >= 11 is 3.48. The van der Waals surface area contributed by atoms with Crippen LogP contribution in [0.2, 0.25) is 0 Å². The zero-order valence-electron chi connectivity index (χ0n) is 9.53. The van der Waals surface area contributed by atoms with Gasteiger partial charge < -0.3 is 9.55 Å². The first-order valence-electron chi connectivity index (χ1n) is 5.29. The van der Waals surface area contributed by atoms with Gasteiger partial charge in [-0.1, -0.05) is 6.07 Å². The monoisotopic (exact) mass is 290 g/mol. The van der Waals surface area contributed by atoms with E-state index in [-0.39, 0.29) is 0 Å². The first kappa shape index (κ1) is 10.5. The Hall–Kier alpha value is -1.62. The Morgan fingerprint density at radius 1 is 1.35 bits per heavy atom. The summed E-state index contributed by atoms with van der Waals surface area (Å²) in [6.45, 7) is 1.94. The van der Waals surface area contributed by atoms with Gasteiger partial charge in [-0.3, -0.25) is 0 Å². The molecule has 5 heteroatoms. The van der Waals surface area contributed by atoms with Crippen molar-refractivity contribution in [2.45, 2.75) is 6.92 Å². The van der Waals surface area contributed by atoms with Gasteiger partial charge in [0.25, 0.3) is 0 Å². The second-order valence-electron chi connectivity index (χ2n) is 4.04.